The normalized spacial score (nSPS) is 10.9. The van der Waals surface area contributed by atoms with Crippen molar-refractivity contribution in [3.8, 4) is 0 Å². The number of hydrogen-bond acceptors (Lipinski definition) is 3. The van der Waals surface area contributed by atoms with E-state index in [0.717, 1.165) is 5.56 Å². The van der Waals surface area contributed by atoms with Crippen LogP contribution in [0.5, 0.6) is 0 Å². The summed E-state index contributed by atoms with van der Waals surface area (Å²) in [7, 11) is -3.66. The van der Waals surface area contributed by atoms with Crippen molar-refractivity contribution >= 4 is 33.1 Å². The molecular formula is C20H19N3O3S. The van der Waals surface area contributed by atoms with Gasteiger partial charge < -0.3 is 10.6 Å². The Morgan fingerprint density at radius 2 is 1.22 bits per heavy atom. The van der Waals surface area contributed by atoms with Crippen LogP contribution in [-0.2, 0) is 10.0 Å². The van der Waals surface area contributed by atoms with Crippen LogP contribution >= 0.6 is 0 Å². The molecule has 0 heterocycles. The molecule has 0 radical (unpaired) electrons. The van der Waals surface area contributed by atoms with Crippen molar-refractivity contribution in [2.24, 2.45) is 0 Å². The fourth-order valence-corrected chi connectivity index (χ4v) is 3.43. The monoisotopic (exact) mass is 381 g/mol. The van der Waals surface area contributed by atoms with Crippen LogP contribution in [0, 0.1) is 6.92 Å². The average molecular weight is 381 g/mol. The molecule has 0 fully saturated rings. The van der Waals surface area contributed by atoms with Crippen LogP contribution in [0.4, 0.5) is 21.9 Å². The van der Waals surface area contributed by atoms with E-state index in [1.165, 1.54) is 0 Å². The van der Waals surface area contributed by atoms with Gasteiger partial charge in [0.25, 0.3) is 10.0 Å². The van der Waals surface area contributed by atoms with Gasteiger partial charge in [-0.25, -0.2) is 13.2 Å². The van der Waals surface area contributed by atoms with Crippen LogP contribution < -0.4 is 15.4 Å². The number of urea groups is 1. The molecule has 2 amide bonds. The first-order chi connectivity index (χ1) is 12.9. The van der Waals surface area contributed by atoms with E-state index in [0.29, 0.717) is 17.1 Å². The minimum Gasteiger partial charge on any atom is -0.308 e. The first-order valence-electron chi connectivity index (χ1n) is 8.25. The van der Waals surface area contributed by atoms with E-state index < -0.39 is 10.0 Å². The van der Waals surface area contributed by atoms with E-state index in [1.54, 1.807) is 60.7 Å². The molecule has 0 saturated heterocycles. The van der Waals surface area contributed by atoms with Gasteiger partial charge in [0.1, 0.15) is 0 Å². The highest BCUT2D eigenvalue weighted by atomic mass is 32.2. The van der Waals surface area contributed by atoms with E-state index in [-0.39, 0.29) is 10.9 Å². The number of nitrogens with one attached hydrogen (secondary N) is 3. The molecule has 138 valence electrons. The summed E-state index contributed by atoms with van der Waals surface area (Å²) in [4.78, 5) is 12.2. The number of hydrogen-bond donors (Lipinski definition) is 3. The lowest BCUT2D eigenvalue weighted by Crippen LogP contribution is -2.19. The third-order valence-corrected chi connectivity index (χ3v) is 5.16. The molecule has 7 heteroatoms. The smallest absolute Gasteiger partial charge is 0.308 e. The maximum Gasteiger partial charge on any atom is 0.323 e. The molecule has 0 aliphatic heterocycles. The lowest BCUT2D eigenvalue weighted by atomic mass is 10.2. The van der Waals surface area contributed by atoms with E-state index in [2.05, 4.69) is 15.4 Å². The van der Waals surface area contributed by atoms with Crippen LogP contribution in [-0.4, -0.2) is 14.4 Å². The van der Waals surface area contributed by atoms with Crippen molar-refractivity contribution < 1.29 is 13.2 Å². The highest BCUT2D eigenvalue weighted by Gasteiger charge is 2.13. The Morgan fingerprint density at radius 3 is 1.81 bits per heavy atom. The van der Waals surface area contributed by atoms with Gasteiger partial charge in [-0.2, -0.15) is 0 Å². The molecule has 0 atom stereocenters. The molecule has 3 aromatic rings. The van der Waals surface area contributed by atoms with Crippen molar-refractivity contribution in [1.82, 2.24) is 0 Å². The van der Waals surface area contributed by atoms with Gasteiger partial charge in [-0.15, -0.1) is 0 Å². The van der Waals surface area contributed by atoms with Gasteiger partial charge in [0.15, 0.2) is 0 Å². The van der Waals surface area contributed by atoms with Gasteiger partial charge in [-0.05, 0) is 55.5 Å². The first kappa shape index (κ1) is 18.5. The predicted octanol–water partition coefficient (Wildman–Crippen LogP) is 4.44. The highest BCUT2D eigenvalue weighted by Crippen LogP contribution is 2.19. The summed E-state index contributed by atoms with van der Waals surface area (Å²) in [5.74, 6) is 0. The van der Waals surface area contributed by atoms with Crippen molar-refractivity contribution in [3.05, 3.63) is 84.4 Å². The Hall–Kier alpha value is -3.32. The van der Waals surface area contributed by atoms with Crippen molar-refractivity contribution in [2.75, 3.05) is 15.4 Å². The quantitative estimate of drug-likeness (QED) is 0.610. The molecule has 0 unspecified atom stereocenters. The largest absolute Gasteiger partial charge is 0.323 e. The van der Waals surface area contributed by atoms with E-state index in [1.807, 2.05) is 25.1 Å². The molecule has 0 aliphatic rings. The number of carbonyl (C=O) groups excluding carboxylic acids is 1. The maximum atomic E-state index is 12.4. The SMILES string of the molecule is Cc1ccc(S(=O)(=O)Nc2ccc(NC(=O)Nc3ccccc3)cc2)cc1. The van der Waals surface area contributed by atoms with Crippen LogP contribution in [0.3, 0.4) is 0 Å². The Kier molecular flexibility index (Phi) is 5.42. The number of rotatable bonds is 5. The molecule has 0 saturated carbocycles. The Morgan fingerprint density at radius 1 is 0.704 bits per heavy atom. The summed E-state index contributed by atoms with van der Waals surface area (Å²) in [5, 5.41) is 5.40. The standard InChI is InChI=1S/C20H19N3O3S/c1-15-7-13-19(14-8-15)27(25,26)23-18-11-9-17(10-12-18)22-20(24)21-16-5-3-2-4-6-16/h2-14,23H,1H3,(H2,21,22,24). The van der Waals surface area contributed by atoms with Crippen LogP contribution in [0.2, 0.25) is 0 Å². The molecule has 27 heavy (non-hydrogen) atoms. The number of para-hydroxylation sites is 1. The van der Waals surface area contributed by atoms with Crippen LogP contribution in [0.1, 0.15) is 5.56 Å². The fourth-order valence-electron chi connectivity index (χ4n) is 2.37. The minimum absolute atomic E-state index is 0.192. The number of amides is 2. The first-order valence-corrected chi connectivity index (χ1v) is 9.73. The zero-order valence-electron chi connectivity index (χ0n) is 14.6. The number of sulfonamides is 1. The molecule has 3 rings (SSSR count). The third kappa shape index (κ3) is 5.08. The number of aryl methyl sites for hydroxylation is 1. The van der Waals surface area contributed by atoms with Gasteiger partial charge in [-0.3, -0.25) is 4.72 Å². The molecule has 3 N–H and O–H groups in total. The summed E-state index contributed by atoms with van der Waals surface area (Å²) < 4.78 is 27.3. The summed E-state index contributed by atoms with van der Waals surface area (Å²) in [5.41, 5.74) is 2.61. The highest BCUT2D eigenvalue weighted by molar-refractivity contribution is 7.92. The number of benzene rings is 3. The van der Waals surface area contributed by atoms with Gasteiger partial charge in [-0.1, -0.05) is 35.9 Å². The zero-order chi connectivity index (χ0) is 19.3. The Labute approximate surface area is 158 Å². The molecule has 0 bridgehead atoms. The second-order valence-corrected chi connectivity index (χ2v) is 7.62. The lowest BCUT2D eigenvalue weighted by molar-refractivity contribution is 0.262. The molecule has 3 aromatic carbocycles. The molecule has 6 nitrogen and oxygen atoms in total. The summed E-state index contributed by atoms with van der Waals surface area (Å²) in [6.45, 7) is 1.89. The van der Waals surface area contributed by atoms with E-state index in [4.69, 9.17) is 0 Å². The second kappa shape index (κ2) is 7.92. The van der Waals surface area contributed by atoms with Gasteiger partial charge in [0.2, 0.25) is 0 Å². The third-order valence-electron chi connectivity index (χ3n) is 3.76. The summed E-state index contributed by atoms with van der Waals surface area (Å²) in [6, 6.07) is 21.7. The summed E-state index contributed by atoms with van der Waals surface area (Å²) in [6.07, 6.45) is 0. The van der Waals surface area contributed by atoms with Crippen molar-refractivity contribution in [2.45, 2.75) is 11.8 Å². The molecule has 0 spiro atoms. The predicted molar refractivity (Wildman–Crippen MR) is 108 cm³/mol. The fraction of sp³-hybridized carbons (Fsp3) is 0.0500. The van der Waals surface area contributed by atoms with E-state index >= 15 is 0 Å². The zero-order valence-corrected chi connectivity index (χ0v) is 15.5. The lowest BCUT2D eigenvalue weighted by Gasteiger charge is -2.10. The maximum absolute atomic E-state index is 12.4. The summed E-state index contributed by atoms with van der Waals surface area (Å²) >= 11 is 0. The van der Waals surface area contributed by atoms with Crippen molar-refractivity contribution in [1.29, 1.82) is 0 Å². The topological polar surface area (TPSA) is 87.3 Å². The Balaban J connectivity index is 1.63. The van der Waals surface area contributed by atoms with Crippen LogP contribution in [0.25, 0.3) is 0 Å². The number of carbonyl (C=O) groups is 1. The van der Waals surface area contributed by atoms with Gasteiger partial charge >= 0.3 is 6.03 Å². The van der Waals surface area contributed by atoms with Gasteiger partial charge in [0, 0.05) is 17.1 Å². The molecule has 0 aromatic heterocycles. The van der Waals surface area contributed by atoms with E-state index in [9.17, 15) is 13.2 Å². The van der Waals surface area contributed by atoms with Crippen molar-refractivity contribution in [3.63, 3.8) is 0 Å². The average Bonchev–Trinajstić information content (AvgIpc) is 2.64. The van der Waals surface area contributed by atoms with Gasteiger partial charge in [0.05, 0.1) is 4.90 Å². The minimum atomic E-state index is -3.66. The molecular weight excluding hydrogens is 362 g/mol. The Bertz CT molecular complexity index is 1020. The van der Waals surface area contributed by atoms with Crippen LogP contribution in [0.15, 0.2) is 83.8 Å². The second-order valence-electron chi connectivity index (χ2n) is 5.94. The number of anilines is 3. The molecule has 0 aliphatic carbocycles.